The number of nitrogens with zero attached hydrogens (tertiary/aromatic N) is 4. The number of rotatable bonds is 4. The van der Waals surface area contributed by atoms with Crippen LogP contribution in [-0.4, -0.2) is 19.9 Å². The quantitative estimate of drug-likeness (QED) is 0.177. The second-order valence-corrected chi connectivity index (χ2v) is 17.8. The third kappa shape index (κ3) is 5.52. The van der Waals surface area contributed by atoms with Gasteiger partial charge in [-0.2, -0.15) is 0 Å². The summed E-state index contributed by atoms with van der Waals surface area (Å²) in [5.74, 6) is 2.98. The predicted molar refractivity (Wildman–Crippen MR) is 260 cm³/mol. The smallest absolute Gasteiger partial charge is 0.160 e. The van der Waals surface area contributed by atoms with Gasteiger partial charge in [0.05, 0.1) is 16.8 Å². The lowest BCUT2D eigenvalue weighted by Crippen LogP contribution is -2.35. The molecule has 0 fully saturated rings. The van der Waals surface area contributed by atoms with Crippen LogP contribution in [-0.2, 0) is 10.8 Å². The van der Waals surface area contributed by atoms with Crippen LogP contribution >= 0.6 is 0 Å². The molecule has 0 saturated heterocycles. The molecule has 2 aliphatic carbocycles. The molecule has 8 aromatic carbocycles. The van der Waals surface area contributed by atoms with Crippen LogP contribution in [0.1, 0.15) is 47.2 Å². The number of aromatic nitrogens is 4. The van der Waals surface area contributed by atoms with Crippen LogP contribution in [0.3, 0.4) is 0 Å². The van der Waals surface area contributed by atoms with Crippen LogP contribution in [0.4, 0.5) is 0 Å². The number of benzene rings is 8. The van der Waals surface area contributed by atoms with Crippen molar-refractivity contribution in [1.29, 1.82) is 0 Å². The van der Waals surface area contributed by atoms with E-state index >= 15 is 0 Å². The van der Waals surface area contributed by atoms with Crippen LogP contribution < -0.4 is 4.74 Å². The van der Waals surface area contributed by atoms with E-state index in [-0.39, 0.29) is 5.41 Å². The average Bonchev–Trinajstić information content (AvgIpc) is 3.53. The minimum atomic E-state index is -0.817. The molecule has 3 aliphatic rings. The highest BCUT2D eigenvalue weighted by Gasteiger charge is 2.51. The third-order valence-corrected chi connectivity index (χ3v) is 13.9. The number of hydrogen-bond acceptors (Lipinski definition) is 5. The fraction of sp³-hybridized carbons (Fsp3) is 0.0667. The molecule has 0 amide bonds. The molecule has 3 heterocycles. The maximum atomic E-state index is 7.11. The summed E-state index contributed by atoms with van der Waals surface area (Å²) >= 11 is 0. The predicted octanol–water partition coefficient (Wildman–Crippen LogP) is 14.4. The minimum absolute atomic E-state index is 0.206. The van der Waals surface area contributed by atoms with E-state index in [1.165, 1.54) is 44.5 Å². The summed E-state index contributed by atoms with van der Waals surface area (Å²) in [5.41, 5.74) is 18.5. The van der Waals surface area contributed by atoms with E-state index in [1.807, 2.05) is 67.0 Å². The molecule has 2 aromatic heterocycles. The van der Waals surface area contributed by atoms with Crippen molar-refractivity contribution in [1.82, 2.24) is 19.9 Å². The number of para-hydroxylation sites is 1. The van der Waals surface area contributed by atoms with E-state index in [4.69, 9.17) is 24.7 Å². The maximum Gasteiger partial charge on any atom is 0.160 e. The zero-order valence-electron chi connectivity index (χ0n) is 35.8. The molecule has 0 bridgehead atoms. The minimum Gasteiger partial charge on any atom is -0.457 e. The molecule has 1 aliphatic heterocycles. The summed E-state index contributed by atoms with van der Waals surface area (Å²) < 4.78 is 7.11. The van der Waals surface area contributed by atoms with Crippen LogP contribution in [0.25, 0.3) is 78.7 Å². The van der Waals surface area contributed by atoms with Crippen molar-refractivity contribution in [3.8, 4) is 90.2 Å². The normalized spacial score (nSPS) is 15.5. The Bertz CT molecular complexity index is 3540. The first-order chi connectivity index (χ1) is 32.0. The van der Waals surface area contributed by atoms with Crippen LogP contribution in [0.15, 0.2) is 207 Å². The van der Waals surface area contributed by atoms with Crippen molar-refractivity contribution < 1.29 is 4.74 Å². The van der Waals surface area contributed by atoms with Gasteiger partial charge in [0.25, 0.3) is 0 Å². The van der Waals surface area contributed by atoms with Gasteiger partial charge < -0.3 is 4.74 Å². The zero-order chi connectivity index (χ0) is 43.3. The van der Waals surface area contributed by atoms with E-state index < -0.39 is 5.41 Å². The number of fused-ring (bicyclic) bond motifs is 14. The Morgan fingerprint density at radius 2 is 0.892 bits per heavy atom. The van der Waals surface area contributed by atoms with Gasteiger partial charge in [-0.05, 0) is 86.0 Å². The van der Waals surface area contributed by atoms with Crippen molar-refractivity contribution in [3.05, 3.63) is 240 Å². The van der Waals surface area contributed by atoms with Crippen LogP contribution in [0, 0.1) is 0 Å². The van der Waals surface area contributed by atoms with Crippen molar-refractivity contribution in [2.75, 3.05) is 0 Å². The molecule has 10 aromatic rings. The number of ether oxygens (including phenoxy) is 1. The van der Waals surface area contributed by atoms with Gasteiger partial charge in [0.15, 0.2) is 11.6 Å². The lowest BCUT2D eigenvalue weighted by Gasteiger charge is -2.43. The van der Waals surface area contributed by atoms with Crippen molar-refractivity contribution in [3.63, 3.8) is 0 Å². The first kappa shape index (κ1) is 37.3. The van der Waals surface area contributed by atoms with E-state index in [1.54, 1.807) is 0 Å². The molecule has 1 spiro atoms. The summed E-state index contributed by atoms with van der Waals surface area (Å²) in [6, 6.07) is 69.3. The molecule has 5 nitrogen and oxygen atoms in total. The molecular weight excluding hydrogens is 793 g/mol. The van der Waals surface area contributed by atoms with Gasteiger partial charge in [0.1, 0.15) is 11.5 Å². The fourth-order valence-electron chi connectivity index (χ4n) is 10.9. The first-order valence-electron chi connectivity index (χ1n) is 22.2. The molecule has 1 atom stereocenters. The van der Waals surface area contributed by atoms with Gasteiger partial charge in [0, 0.05) is 51.2 Å². The number of hydrogen-bond donors (Lipinski definition) is 0. The summed E-state index contributed by atoms with van der Waals surface area (Å²) in [4.78, 5) is 20.3. The fourth-order valence-corrected chi connectivity index (χ4v) is 10.9. The largest absolute Gasteiger partial charge is 0.457 e. The molecule has 0 N–H and O–H groups in total. The summed E-state index contributed by atoms with van der Waals surface area (Å²) in [5, 5.41) is 0. The maximum absolute atomic E-state index is 7.11. The highest BCUT2D eigenvalue weighted by molar-refractivity contribution is 5.95. The standard InChI is InChI=1S/C60H40N4O/c1-59(2)47-25-13-11-24-44(47)46-32-52-56(33-50(46)59)65-55-28-16-15-27-49(55)60(52)48-26-14-12-23-43(48)41-21-9-10-22-42(41)45-30-29-39(31-51(45)60)58-63-53(37-17-5-3-6-18-37)34-54(64-58)40-35-61-57(62-36-40)38-19-7-4-8-20-38/h3-36H,1-2H3. The second kappa shape index (κ2) is 14.1. The lowest BCUT2D eigenvalue weighted by molar-refractivity contribution is 0.433. The van der Waals surface area contributed by atoms with Gasteiger partial charge in [-0.15, -0.1) is 0 Å². The molecular formula is C60H40N4O. The summed E-state index contributed by atoms with van der Waals surface area (Å²) in [7, 11) is 0. The topological polar surface area (TPSA) is 60.8 Å². The average molecular weight is 833 g/mol. The van der Waals surface area contributed by atoms with Gasteiger partial charge in [0.2, 0.25) is 0 Å². The Kier molecular flexibility index (Phi) is 8.10. The molecule has 306 valence electrons. The zero-order valence-corrected chi connectivity index (χ0v) is 35.8. The Hall–Kier alpha value is -8.28. The summed E-state index contributed by atoms with van der Waals surface area (Å²) in [6.45, 7) is 4.66. The molecule has 13 rings (SSSR count). The Morgan fingerprint density at radius 3 is 1.60 bits per heavy atom. The third-order valence-electron chi connectivity index (χ3n) is 13.9. The Labute approximate surface area is 377 Å². The van der Waals surface area contributed by atoms with E-state index in [0.29, 0.717) is 11.6 Å². The highest BCUT2D eigenvalue weighted by Crippen LogP contribution is 2.63. The van der Waals surface area contributed by atoms with E-state index in [9.17, 15) is 0 Å². The van der Waals surface area contributed by atoms with E-state index in [0.717, 1.165) is 67.4 Å². The monoisotopic (exact) mass is 832 g/mol. The highest BCUT2D eigenvalue weighted by atomic mass is 16.5. The van der Waals surface area contributed by atoms with Crippen LogP contribution in [0.5, 0.6) is 11.5 Å². The molecule has 5 heteroatoms. The van der Waals surface area contributed by atoms with Gasteiger partial charge in [-0.25, -0.2) is 19.9 Å². The first-order valence-corrected chi connectivity index (χ1v) is 22.2. The molecule has 0 saturated carbocycles. The van der Waals surface area contributed by atoms with Gasteiger partial charge >= 0.3 is 0 Å². The Morgan fingerprint density at radius 1 is 0.338 bits per heavy atom. The van der Waals surface area contributed by atoms with Crippen LogP contribution in [0.2, 0.25) is 0 Å². The molecule has 1 unspecified atom stereocenters. The Balaban J connectivity index is 1.11. The molecule has 0 radical (unpaired) electrons. The molecule has 65 heavy (non-hydrogen) atoms. The second-order valence-electron chi connectivity index (χ2n) is 17.8. The summed E-state index contributed by atoms with van der Waals surface area (Å²) in [6.07, 6.45) is 3.73. The van der Waals surface area contributed by atoms with Gasteiger partial charge in [-0.1, -0.05) is 178 Å². The van der Waals surface area contributed by atoms with Crippen molar-refractivity contribution >= 4 is 0 Å². The lowest BCUT2D eigenvalue weighted by atomic mass is 9.61. The van der Waals surface area contributed by atoms with Gasteiger partial charge in [-0.3, -0.25) is 0 Å². The van der Waals surface area contributed by atoms with Crippen molar-refractivity contribution in [2.24, 2.45) is 0 Å². The van der Waals surface area contributed by atoms with E-state index in [2.05, 4.69) is 153 Å². The van der Waals surface area contributed by atoms with Crippen molar-refractivity contribution in [2.45, 2.75) is 24.7 Å². The SMILES string of the molecule is CC1(C)c2ccccc2-c2cc3c(cc21)Oc1ccccc1C31c2ccccc2-c2ccccc2-c2ccc(-c3nc(-c4ccccc4)cc(-c4cnc(-c5ccccc5)nc4)n3)cc21.